The summed E-state index contributed by atoms with van der Waals surface area (Å²) in [6.07, 6.45) is 2.37. The molecule has 0 spiro atoms. The van der Waals surface area contributed by atoms with Gasteiger partial charge in [-0.3, -0.25) is 9.69 Å². The first-order valence-corrected chi connectivity index (χ1v) is 5.10. The van der Waals surface area contributed by atoms with Gasteiger partial charge >= 0.3 is 0 Å². The van der Waals surface area contributed by atoms with Crippen molar-refractivity contribution in [2.45, 2.75) is 0 Å². The second-order valence-corrected chi connectivity index (χ2v) is 3.58. The van der Waals surface area contributed by atoms with Crippen LogP contribution in [-0.4, -0.2) is 11.4 Å². The molecular weight excluding hydrogens is 224 g/mol. The van der Waals surface area contributed by atoms with Crippen LogP contribution < -0.4 is 4.90 Å². The summed E-state index contributed by atoms with van der Waals surface area (Å²) in [5.74, 6) is 0.583. The fourth-order valence-corrected chi connectivity index (χ4v) is 1.47. The van der Waals surface area contributed by atoms with Crippen molar-refractivity contribution >= 4 is 29.5 Å². The molecule has 2 rings (SSSR count). The molecule has 0 N–H and O–H groups in total. The molecule has 16 heavy (non-hydrogen) atoms. The summed E-state index contributed by atoms with van der Waals surface area (Å²) in [5.41, 5.74) is 0.734. The summed E-state index contributed by atoms with van der Waals surface area (Å²) in [7, 11) is 0. The van der Waals surface area contributed by atoms with E-state index in [4.69, 9.17) is 11.6 Å². The highest BCUT2D eigenvalue weighted by Gasteiger charge is 2.07. The van der Waals surface area contributed by atoms with Gasteiger partial charge < -0.3 is 0 Å². The highest BCUT2D eigenvalue weighted by molar-refractivity contribution is 6.30. The Balaban J connectivity index is 2.37. The number of carbonyl (C=O) groups is 1. The van der Waals surface area contributed by atoms with E-state index in [0.29, 0.717) is 10.8 Å². The topological polar surface area (TPSA) is 33.2 Å². The van der Waals surface area contributed by atoms with Gasteiger partial charge in [0.1, 0.15) is 5.82 Å². The molecule has 80 valence electrons. The van der Waals surface area contributed by atoms with E-state index >= 15 is 0 Å². The van der Waals surface area contributed by atoms with Crippen molar-refractivity contribution in [3.63, 3.8) is 0 Å². The van der Waals surface area contributed by atoms with E-state index < -0.39 is 0 Å². The number of nitrogens with zero attached hydrogens (tertiary/aromatic N) is 2. The predicted octanol–water partition coefficient (Wildman–Crippen LogP) is 3.03. The Labute approximate surface area is 98.3 Å². The third-order valence-electron chi connectivity index (χ3n) is 2.11. The summed E-state index contributed by atoms with van der Waals surface area (Å²) in [5, 5.41) is 0.635. The Kier molecular flexibility index (Phi) is 3.17. The van der Waals surface area contributed by atoms with Crippen molar-refractivity contribution in [3.8, 4) is 0 Å². The van der Waals surface area contributed by atoms with Gasteiger partial charge in [0.2, 0.25) is 6.41 Å². The zero-order valence-electron chi connectivity index (χ0n) is 8.38. The molecule has 0 aliphatic rings. The van der Waals surface area contributed by atoms with E-state index in [0.717, 1.165) is 12.1 Å². The Bertz CT molecular complexity index is 470. The molecule has 0 fully saturated rings. The molecule has 0 unspecified atom stereocenters. The first-order chi connectivity index (χ1) is 7.81. The number of benzene rings is 1. The van der Waals surface area contributed by atoms with E-state index in [1.807, 2.05) is 6.07 Å². The van der Waals surface area contributed by atoms with Crippen molar-refractivity contribution < 1.29 is 4.79 Å². The maximum absolute atomic E-state index is 11.0. The molecule has 0 saturated heterocycles. The fourth-order valence-electron chi connectivity index (χ4n) is 1.35. The minimum absolute atomic E-state index is 0.583. The van der Waals surface area contributed by atoms with E-state index in [2.05, 4.69) is 4.98 Å². The smallest absolute Gasteiger partial charge is 0.219 e. The molecule has 1 amide bonds. The fraction of sp³-hybridized carbons (Fsp3) is 0. The lowest BCUT2D eigenvalue weighted by molar-refractivity contribution is -0.106. The van der Waals surface area contributed by atoms with Gasteiger partial charge in [0.25, 0.3) is 0 Å². The number of amides is 1. The van der Waals surface area contributed by atoms with Gasteiger partial charge in [0.05, 0.1) is 5.69 Å². The zero-order valence-corrected chi connectivity index (χ0v) is 9.13. The number of rotatable bonds is 3. The molecule has 0 aliphatic carbocycles. The number of halogens is 1. The van der Waals surface area contributed by atoms with Gasteiger partial charge in [-0.15, -0.1) is 0 Å². The maximum atomic E-state index is 11.0. The van der Waals surface area contributed by atoms with E-state index in [9.17, 15) is 4.79 Å². The number of pyridine rings is 1. The summed E-state index contributed by atoms with van der Waals surface area (Å²) in [4.78, 5) is 16.6. The summed E-state index contributed by atoms with van der Waals surface area (Å²) in [6.45, 7) is 0. The monoisotopic (exact) mass is 232 g/mol. The van der Waals surface area contributed by atoms with E-state index in [1.165, 1.54) is 4.90 Å². The normalized spacial score (nSPS) is 9.81. The Morgan fingerprint density at radius 1 is 1.12 bits per heavy atom. The minimum atomic E-state index is 0.583. The van der Waals surface area contributed by atoms with Crippen molar-refractivity contribution in [3.05, 3.63) is 53.7 Å². The van der Waals surface area contributed by atoms with Gasteiger partial charge in [-0.1, -0.05) is 17.7 Å². The van der Waals surface area contributed by atoms with Gasteiger partial charge in [0.15, 0.2) is 0 Å². The maximum Gasteiger partial charge on any atom is 0.219 e. The lowest BCUT2D eigenvalue weighted by Gasteiger charge is -2.15. The standard InChI is InChI=1S/C12H9ClN2O/c13-10-4-6-11(7-5-10)15(9-16)12-3-1-2-8-14-12/h1-9H. The first-order valence-electron chi connectivity index (χ1n) is 4.72. The van der Waals surface area contributed by atoms with Crippen molar-refractivity contribution in [2.75, 3.05) is 4.90 Å². The Hall–Kier alpha value is -1.87. The van der Waals surface area contributed by atoms with Crippen molar-refractivity contribution in [2.24, 2.45) is 0 Å². The van der Waals surface area contributed by atoms with Gasteiger partial charge in [0, 0.05) is 11.2 Å². The third kappa shape index (κ3) is 2.20. The largest absolute Gasteiger partial charge is 0.278 e. The first kappa shape index (κ1) is 10.6. The molecule has 1 aromatic heterocycles. The molecule has 2 aromatic rings. The van der Waals surface area contributed by atoms with Crippen LogP contribution in [0.4, 0.5) is 11.5 Å². The number of anilines is 2. The average molecular weight is 233 g/mol. The molecule has 0 saturated carbocycles. The predicted molar refractivity (Wildman–Crippen MR) is 63.9 cm³/mol. The van der Waals surface area contributed by atoms with Crippen LogP contribution in [0.25, 0.3) is 0 Å². The Morgan fingerprint density at radius 3 is 2.44 bits per heavy atom. The highest BCUT2D eigenvalue weighted by Crippen LogP contribution is 2.22. The van der Waals surface area contributed by atoms with Gasteiger partial charge in [-0.25, -0.2) is 4.98 Å². The summed E-state index contributed by atoms with van der Waals surface area (Å²) < 4.78 is 0. The van der Waals surface area contributed by atoms with Crippen LogP contribution in [0.2, 0.25) is 5.02 Å². The van der Waals surface area contributed by atoms with Crippen LogP contribution in [0.5, 0.6) is 0 Å². The number of aromatic nitrogens is 1. The number of hydrogen-bond donors (Lipinski definition) is 0. The second kappa shape index (κ2) is 4.77. The van der Waals surface area contributed by atoms with Crippen molar-refractivity contribution in [1.82, 2.24) is 4.98 Å². The van der Waals surface area contributed by atoms with Crippen LogP contribution in [0.3, 0.4) is 0 Å². The lowest BCUT2D eigenvalue weighted by atomic mass is 10.3. The minimum Gasteiger partial charge on any atom is -0.278 e. The molecular formula is C12H9ClN2O. The average Bonchev–Trinajstić information content (AvgIpc) is 2.34. The molecule has 0 aliphatic heterocycles. The summed E-state index contributed by atoms with van der Waals surface area (Å²) >= 11 is 5.78. The number of carbonyl (C=O) groups excluding carboxylic acids is 1. The lowest BCUT2D eigenvalue weighted by Crippen LogP contribution is -2.14. The molecule has 0 radical (unpaired) electrons. The zero-order chi connectivity index (χ0) is 11.4. The third-order valence-corrected chi connectivity index (χ3v) is 2.36. The van der Waals surface area contributed by atoms with Crippen LogP contribution in [0, 0.1) is 0 Å². The SMILES string of the molecule is O=CN(c1ccc(Cl)cc1)c1ccccn1. The molecule has 4 heteroatoms. The van der Waals surface area contributed by atoms with Gasteiger partial charge in [-0.2, -0.15) is 0 Å². The van der Waals surface area contributed by atoms with Crippen LogP contribution in [0.15, 0.2) is 48.7 Å². The molecule has 1 heterocycles. The highest BCUT2D eigenvalue weighted by atomic mass is 35.5. The molecule has 0 bridgehead atoms. The molecule has 3 nitrogen and oxygen atoms in total. The van der Waals surface area contributed by atoms with Crippen LogP contribution >= 0.6 is 11.6 Å². The quantitative estimate of drug-likeness (QED) is 0.762. The summed E-state index contributed by atoms with van der Waals surface area (Å²) in [6, 6.07) is 12.4. The molecule has 1 aromatic carbocycles. The van der Waals surface area contributed by atoms with Gasteiger partial charge in [-0.05, 0) is 36.4 Å². The number of hydrogen-bond acceptors (Lipinski definition) is 2. The van der Waals surface area contributed by atoms with E-state index in [-0.39, 0.29) is 0 Å². The van der Waals surface area contributed by atoms with E-state index in [1.54, 1.807) is 42.6 Å². The van der Waals surface area contributed by atoms with Crippen molar-refractivity contribution in [1.29, 1.82) is 0 Å². The Morgan fingerprint density at radius 2 is 1.88 bits per heavy atom. The van der Waals surface area contributed by atoms with Crippen LogP contribution in [0.1, 0.15) is 0 Å². The molecule has 0 atom stereocenters. The van der Waals surface area contributed by atoms with Crippen LogP contribution in [-0.2, 0) is 4.79 Å². The second-order valence-electron chi connectivity index (χ2n) is 3.14.